The smallest absolute Gasteiger partial charge is 0.0795 e. The topological polar surface area (TPSA) is 35.2 Å². The number of benzene rings is 1. The molecule has 0 spiro atoms. The summed E-state index contributed by atoms with van der Waals surface area (Å²) >= 11 is 1.70. The lowest BCUT2D eigenvalue weighted by Gasteiger charge is -2.36. The molecule has 3 aromatic rings. The summed E-state index contributed by atoms with van der Waals surface area (Å²) in [4.78, 5) is 13.1. The van der Waals surface area contributed by atoms with Crippen LogP contribution in [0.3, 0.4) is 0 Å². The van der Waals surface area contributed by atoms with Gasteiger partial charge in [-0.2, -0.15) is 0 Å². The maximum absolute atomic E-state index is 4.48. The van der Waals surface area contributed by atoms with Crippen molar-refractivity contribution in [1.29, 1.82) is 0 Å². The van der Waals surface area contributed by atoms with Crippen LogP contribution in [0.5, 0.6) is 0 Å². The molecule has 6 rings (SSSR count). The van der Waals surface area contributed by atoms with Crippen LogP contribution in [0.15, 0.2) is 41.4 Å². The van der Waals surface area contributed by atoms with Crippen LogP contribution >= 0.6 is 11.3 Å². The molecular formula is C20H24N4S. The SMILES string of the molecule is c1cc2cc(CN3C[C@H]4CC[C@@H]3CN(Cc3cscn3)C4)ccc2[nH]1. The molecule has 1 N–H and O–H groups in total. The van der Waals surface area contributed by atoms with Crippen LogP contribution < -0.4 is 0 Å². The number of rotatable bonds is 4. The van der Waals surface area contributed by atoms with Crippen LogP contribution in [0.2, 0.25) is 0 Å². The van der Waals surface area contributed by atoms with Crippen molar-refractivity contribution in [3.63, 3.8) is 0 Å². The van der Waals surface area contributed by atoms with E-state index >= 15 is 0 Å². The van der Waals surface area contributed by atoms with Crippen LogP contribution in [0.1, 0.15) is 24.1 Å². The van der Waals surface area contributed by atoms with Crippen molar-refractivity contribution >= 4 is 22.2 Å². The van der Waals surface area contributed by atoms with Crippen LogP contribution in [0.25, 0.3) is 10.9 Å². The molecule has 3 aliphatic heterocycles. The predicted molar refractivity (Wildman–Crippen MR) is 103 cm³/mol. The summed E-state index contributed by atoms with van der Waals surface area (Å²) in [7, 11) is 0. The summed E-state index contributed by atoms with van der Waals surface area (Å²) in [6.45, 7) is 5.73. The van der Waals surface area contributed by atoms with Gasteiger partial charge < -0.3 is 4.98 Å². The number of hydrogen-bond acceptors (Lipinski definition) is 4. The van der Waals surface area contributed by atoms with Gasteiger partial charge in [0.25, 0.3) is 0 Å². The van der Waals surface area contributed by atoms with Crippen LogP contribution in [0.4, 0.5) is 0 Å². The van der Waals surface area contributed by atoms with E-state index in [1.54, 1.807) is 11.3 Å². The molecule has 0 saturated carbocycles. The summed E-state index contributed by atoms with van der Waals surface area (Å²) in [5, 5.41) is 3.51. The Bertz CT molecular complexity index is 840. The lowest BCUT2D eigenvalue weighted by molar-refractivity contribution is 0.123. The van der Waals surface area contributed by atoms with Crippen molar-refractivity contribution in [2.75, 3.05) is 19.6 Å². The van der Waals surface area contributed by atoms with E-state index in [0.717, 1.165) is 19.0 Å². The Balaban J connectivity index is 1.31. The molecule has 1 aromatic carbocycles. The largest absolute Gasteiger partial charge is 0.361 e. The molecule has 2 bridgehead atoms. The Kier molecular flexibility index (Phi) is 4.08. The highest BCUT2D eigenvalue weighted by Gasteiger charge is 2.34. The zero-order valence-electron chi connectivity index (χ0n) is 14.4. The molecule has 3 aliphatic rings. The molecule has 4 nitrogen and oxygen atoms in total. The number of thiazole rings is 1. The first-order chi connectivity index (χ1) is 12.3. The van der Waals surface area contributed by atoms with Crippen LogP contribution in [-0.4, -0.2) is 45.4 Å². The van der Waals surface area contributed by atoms with E-state index in [4.69, 9.17) is 0 Å². The molecule has 130 valence electrons. The second-order valence-corrected chi connectivity index (χ2v) is 8.32. The Morgan fingerprint density at radius 3 is 3.04 bits per heavy atom. The molecular weight excluding hydrogens is 328 g/mol. The van der Waals surface area contributed by atoms with E-state index in [0.29, 0.717) is 6.04 Å². The fourth-order valence-electron chi connectivity index (χ4n) is 4.58. The second-order valence-electron chi connectivity index (χ2n) is 7.60. The minimum absolute atomic E-state index is 0.680. The molecule has 3 saturated heterocycles. The molecule has 5 heterocycles. The summed E-state index contributed by atoms with van der Waals surface area (Å²) in [5.41, 5.74) is 5.85. The van der Waals surface area contributed by atoms with Gasteiger partial charge in [-0.05, 0) is 47.9 Å². The summed E-state index contributed by atoms with van der Waals surface area (Å²) in [6, 6.07) is 9.69. The number of aromatic nitrogens is 2. The average Bonchev–Trinajstić information content (AvgIpc) is 3.21. The summed E-state index contributed by atoms with van der Waals surface area (Å²) in [5.74, 6) is 0.799. The Labute approximate surface area is 152 Å². The fraction of sp³-hybridized carbons (Fsp3) is 0.450. The third kappa shape index (κ3) is 3.24. The zero-order chi connectivity index (χ0) is 16.6. The monoisotopic (exact) mass is 352 g/mol. The number of aromatic amines is 1. The maximum atomic E-state index is 4.48. The molecule has 0 aliphatic carbocycles. The van der Waals surface area contributed by atoms with Crippen LogP contribution in [-0.2, 0) is 13.1 Å². The molecule has 25 heavy (non-hydrogen) atoms. The first-order valence-corrected chi connectivity index (χ1v) is 10.2. The molecule has 5 heteroatoms. The van der Waals surface area contributed by atoms with Crippen molar-refractivity contribution in [1.82, 2.24) is 19.8 Å². The van der Waals surface area contributed by atoms with E-state index < -0.39 is 0 Å². The standard InChI is InChI=1S/C20H24N4S/c1-3-19-12-23(11-18-13-25-14-22-18)8-16(1)10-24(19)9-15-2-4-20-17(7-15)5-6-21-20/h2,4-7,13-14,16,19,21H,1,3,8-12H2/t16-,19+/m0/s1. The van der Waals surface area contributed by atoms with Gasteiger partial charge in [-0.15, -0.1) is 11.3 Å². The number of H-pyrrole nitrogens is 1. The summed E-state index contributed by atoms with van der Waals surface area (Å²) < 4.78 is 0. The number of hydrogen-bond donors (Lipinski definition) is 1. The van der Waals surface area contributed by atoms with Crippen molar-refractivity contribution in [3.8, 4) is 0 Å². The number of nitrogens with one attached hydrogen (secondary N) is 1. The van der Waals surface area contributed by atoms with Gasteiger partial charge in [-0.3, -0.25) is 9.80 Å². The van der Waals surface area contributed by atoms with Gasteiger partial charge in [0.1, 0.15) is 0 Å². The molecule has 0 unspecified atom stereocenters. The van der Waals surface area contributed by atoms with Gasteiger partial charge in [-0.1, -0.05) is 6.07 Å². The van der Waals surface area contributed by atoms with E-state index in [1.807, 2.05) is 11.7 Å². The minimum Gasteiger partial charge on any atom is -0.361 e. The van der Waals surface area contributed by atoms with Gasteiger partial charge >= 0.3 is 0 Å². The van der Waals surface area contributed by atoms with Gasteiger partial charge in [-0.25, -0.2) is 4.98 Å². The van der Waals surface area contributed by atoms with Gasteiger partial charge in [0.2, 0.25) is 0 Å². The van der Waals surface area contributed by atoms with Gasteiger partial charge in [0.05, 0.1) is 11.2 Å². The molecule has 0 amide bonds. The summed E-state index contributed by atoms with van der Waals surface area (Å²) in [6.07, 6.45) is 4.74. The number of fused-ring (bicyclic) bond motifs is 5. The lowest BCUT2D eigenvalue weighted by atomic mass is 9.94. The molecule has 3 fully saturated rings. The maximum Gasteiger partial charge on any atom is 0.0795 e. The quantitative estimate of drug-likeness (QED) is 0.777. The highest BCUT2D eigenvalue weighted by atomic mass is 32.1. The highest BCUT2D eigenvalue weighted by molar-refractivity contribution is 7.07. The lowest BCUT2D eigenvalue weighted by Crippen LogP contribution is -2.43. The van der Waals surface area contributed by atoms with Gasteiger partial charge in [0, 0.05) is 55.9 Å². The number of piperidine rings is 1. The van der Waals surface area contributed by atoms with E-state index in [2.05, 4.69) is 49.4 Å². The fourth-order valence-corrected chi connectivity index (χ4v) is 5.13. The second kappa shape index (κ2) is 6.56. The van der Waals surface area contributed by atoms with Crippen molar-refractivity contribution in [2.45, 2.75) is 32.0 Å². The molecule has 0 radical (unpaired) electrons. The Morgan fingerprint density at radius 2 is 2.12 bits per heavy atom. The van der Waals surface area contributed by atoms with E-state index in [1.165, 1.54) is 54.6 Å². The molecule has 2 atom stereocenters. The van der Waals surface area contributed by atoms with Crippen molar-refractivity contribution in [2.24, 2.45) is 5.92 Å². The third-order valence-electron chi connectivity index (χ3n) is 5.78. The van der Waals surface area contributed by atoms with Gasteiger partial charge in [0.15, 0.2) is 0 Å². The van der Waals surface area contributed by atoms with Crippen molar-refractivity contribution < 1.29 is 0 Å². The third-order valence-corrected chi connectivity index (χ3v) is 6.41. The number of nitrogens with zero attached hydrogens (tertiary/aromatic N) is 3. The Morgan fingerprint density at radius 1 is 1.12 bits per heavy atom. The van der Waals surface area contributed by atoms with Crippen molar-refractivity contribution in [3.05, 3.63) is 52.6 Å². The first kappa shape index (κ1) is 15.6. The zero-order valence-corrected chi connectivity index (χ0v) is 15.2. The average molecular weight is 353 g/mol. The van der Waals surface area contributed by atoms with Crippen LogP contribution in [0, 0.1) is 5.92 Å². The molecule has 2 aromatic heterocycles. The van der Waals surface area contributed by atoms with E-state index in [9.17, 15) is 0 Å². The minimum atomic E-state index is 0.680. The normalized spacial score (nSPS) is 24.8. The predicted octanol–water partition coefficient (Wildman–Crippen LogP) is 3.72. The first-order valence-electron chi connectivity index (χ1n) is 9.23. The highest BCUT2D eigenvalue weighted by Crippen LogP contribution is 2.30. The van der Waals surface area contributed by atoms with E-state index in [-0.39, 0.29) is 0 Å². The Hall–Kier alpha value is -1.69.